The molecule has 0 aliphatic rings. The molecule has 0 bridgehead atoms. The molecule has 0 aliphatic carbocycles. The lowest BCUT2D eigenvalue weighted by Crippen LogP contribution is -2.41. The lowest BCUT2D eigenvalue weighted by atomic mass is 10.2. The number of hydrogen-bond acceptors (Lipinski definition) is 3. The summed E-state index contributed by atoms with van der Waals surface area (Å²) in [5, 5.41) is -3.79. The Hall–Kier alpha value is -0.780. The highest BCUT2D eigenvalue weighted by molar-refractivity contribution is 6.44. The van der Waals surface area contributed by atoms with Crippen LogP contribution in [0.5, 0.6) is 0 Å². The van der Waals surface area contributed by atoms with E-state index in [1.54, 1.807) is 0 Å². The Morgan fingerprint density at radius 2 is 2.00 bits per heavy atom. The van der Waals surface area contributed by atoms with Crippen molar-refractivity contribution in [3.63, 3.8) is 0 Å². The number of carbonyl (C=O) groups is 2. The van der Waals surface area contributed by atoms with Crippen LogP contribution in [-0.4, -0.2) is 29.9 Å². The molecule has 0 saturated carbocycles. The zero-order valence-corrected chi connectivity index (χ0v) is 7.28. The molecule has 7 heteroatoms. The van der Waals surface area contributed by atoms with E-state index in [1.165, 1.54) is 6.92 Å². The van der Waals surface area contributed by atoms with Gasteiger partial charge >= 0.3 is 17.5 Å². The first-order valence-electron chi connectivity index (χ1n) is 3.21. The number of esters is 1. The molecule has 0 rings (SSSR count). The predicted octanol–water partition coefficient (Wildman–Crippen LogP) is 1.29. The number of ether oxygens (including phenoxy) is 1. The lowest BCUT2D eigenvalue weighted by Gasteiger charge is -2.13. The molecule has 3 nitrogen and oxygen atoms in total. The molecule has 0 heterocycles. The Labute approximate surface area is 76.8 Å². The van der Waals surface area contributed by atoms with Gasteiger partial charge < -0.3 is 4.74 Å². The van der Waals surface area contributed by atoms with Crippen molar-refractivity contribution < 1.29 is 27.5 Å². The third kappa shape index (κ3) is 2.87. The summed E-state index contributed by atoms with van der Waals surface area (Å²) in [6.07, 6.45) is -3.65. The summed E-state index contributed by atoms with van der Waals surface area (Å²) in [5.41, 5.74) is 0. The lowest BCUT2D eigenvalue weighted by molar-refractivity contribution is -0.159. The molecule has 0 aliphatic heterocycles. The van der Waals surface area contributed by atoms with Gasteiger partial charge in [-0.05, 0) is 6.92 Å². The van der Waals surface area contributed by atoms with E-state index in [0.29, 0.717) is 0 Å². The van der Waals surface area contributed by atoms with Crippen molar-refractivity contribution >= 4 is 23.4 Å². The van der Waals surface area contributed by atoms with Gasteiger partial charge in [0.25, 0.3) is 5.78 Å². The largest absolute Gasteiger partial charge is 0.462 e. The Morgan fingerprint density at radius 3 is 2.31 bits per heavy atom. The molecule has 13 heavy (non-hydrogen) atoms. The molecule has 1 unspecified atom stereocenters. The van der Waals surface area contributed by atoms with Crippen LogP contribution < -0.4 is 0 Å². The Morgan fingerprint density at radius 1 is 1.54 bits per heavy atom. The first-order valence-corrected chi connectivity index (χ1v) is 3.59. The van der Waals surface area contributed by atoms with Crippen LogP contribution in [0.3, 0.4) is 0 Å². The first kappa shape index (κ1) is 12.2. The normalized spacial score (nSPS) is 15.2. The number of halogens is 4. The van der Waals surface area contributed by atoms with Gasteiger partial charge in [-0.2, -0.15) is 0 Å². The summed E-state index contributed by atoms with van der Waals surface area (Å²) in [6.45, 7) is 1.06. The Balaban J connectivity index is 4.55. The second-order valence-corrected chi connectivity index (χ2v) is 2.48. The molecule has 1 atom stereocenters. The highest BCUT2D eigenvalue weighted by Gasteiger charge is 2.50. The van der Waals surface area contributed by atoms with Gasteiger partial charge in [-0.15, -0.1) is 0 Å². The molecule has 0 fully saturated rings. The molecular weight excluding hydrogens is 213 g/mol. The number of alkyl halides is 4. The summed E-state index contributed by atoms with van der Waals surface area (Å²) in [4.78, 5) is 20.9. The molecule has 0 saturated heterocycles. The molecule has 0 amide bonds. The number of rotatable bonds is 4. The van der Waals surface area contributed by atoms with Gasteiger partial charge in [-0.25, -0.2) is 18.0 Å². The van der Waals surface area contributed by atoms with Crippen LogP contribution in [0, 0.1) is 0 Å². The van der Waals surface area contributed by atoms with E-state index in [9.17, 15) is 22.8 Å². The van der Waals surface area contributed by atoms with Crippen LogP contribution in [0.4, 0.5) is 13.2 Å². The van der Waals surface area contributed by atoms with Crippen LogP contribution in [-0.2, 0) is 14.3 Å². The van der Waals surface area contributed by atoms with Crippen molar-refractivity contribution in [2.24, 2.45) is 0 Å². The van der Waals surface area contributed by atoms with E-state index in [-0.39, 0.29) is 6.61 Å². The average molecular weight is 219 g/mol. The highest BCUT2D eigenvalue weighted by atomic mass is 35.5. The fraction of sp³-hybridized carbons (Fsp3) is 0.667. The highest BCUT2D eigenvalue weighted by Crippen LogP contribution is 2.23. The van der Waals surface area contributed by atoms with Gasteiger partial charge in [0.1, 0.15) is 0 Å². The SMILES string of the molecule is CCOC(=O)C(F)(Cl)C(=O)C(F)F. The molecule has 0 aromatic heterocycles. The third-order valence-electron chi connectivity index (χ3n) is 1.04. The van der Waals surface area contributed by atoms with E-state index < -0.39 is 23.3 Å². The van der Waals surface area contributed by atoms with Crippen LogP contribution in [0.15, 0.2) is 0 Å². The fourth-order valence-electron chi connectivity index (χ4n) is 0.459. The fourth-order valence-corrected chi connectivity index (χ4v) is 0.596. The summed E-state index contributed by atoms with van der Waals surface area (Å²) < 4.78 is 40.0. The first-order chi connectivity index (χ1) is 5.84. The van der Waals surface area contributed by atoms with Gasteiger partial charge in [0.15, 0.2) is 0 Å². The maximum absolute atomic E-state index is 12.8. The van der Waals surface area contributed by atoms with Crippen molar-refractivity contribution in [3.05, 3.63) is 0 Å². The standard InChI is InChI=1S/C6H6ClF3O3/c1-2-13-5(12)6(7,10)3(11)4(8)9/h4H,2H2,1H3. The Bertz CT molecular complexity index is 217. The molecular formula is C6H6ClF3O3. The van der Waals surface area contributed by atoms with Crippen molar-refractivity contribution in [2.45, 2.75) is 18.5 Å². The van der Waals surface area contributed by atoms with E-state index in [4.69, 9.17) is 0 Å². The van der Waals surface area contributed by atoms with Gasteiger partial charge in [0, 0.05) is 0 Å². The van der Waals surface area contributed by atoms with E-state index in [1.807, 2.05) is 0 Å². The predicted molar refractivity (Wildman–Crippen MR) is 37.3 cm³/mol. The topological polar surface area (TPSA) is 43.4 Å². The second kappa shape index (κ2) is 4.45. The van der Waals surface area contributed by atoms with Gasteiger partial charge in [-0.3, -0.25) is 4.79 Å². The summed E-state index contributed by atoms with van der Waals surface area (Å²) >= 11 is 4.64. The van der Waals surface area contributed by atoms with Gasteiger partial charge in [-0.1, -0.05) is 11.6 Å². The average Bonchev–Trinajstić information content (AvgIpc) is 2.03. The quantitative estimate of drug-likeness (QED) is 0.406. The summed E-state index contributed by atoms with van der Waals surface area (Å²) in [5.74, 6) is -4.13. The molecule has 76 valence electrons. The summed E-state index contributed by atoms with van der Waals surface area (Å²) in [6, 6.07) is 0. The van der Waals surface area contributed by atoms with Crippen molar-refractivity contribution in [2.75, 3.05) is 6.61 Å². The minimum absolute atomic E-state index is 0.256. The summed E-state index contributed by atoms with van der Waals surface area (Å²) in [7, 11) is 0. The van der Waals surface area contributed by atoms with Crippen molar-refractivity contribution in [3.8, 4) is 0 Å². The van der Waals surface area contributed by atoms with Crippen LogP contribution >= 0.6 is 11.6 Å². The van der Waals surface area contributed by atoms with Gasteiger partial charge in [0.2, 0.25) is 0 Å². The van der Waals surface area contributed by atoms with Crippen molar-refractivity contribution in [1.29, 1.82) is 0 Å². The maximum Gasteiger partial charge on any atom is 0.368 e. The van der Waals surface area contributed by atoms with E-state index in [2.05, 4.69) is 16.3 Å². The monoisotopic (exact) mass is 218 g/mol. The Kier molecular flexibility index (Phi) is 4.19. The molecule has 0 N–H and O–H groups in total. The van der Waals surface area contributed by atoms with Crippen LogP contribution in [0.1, 0.15) is 6.92 Å². The number of Topliss-reactive ketones (excluding diaryl/α,β-unsaturated/α-hetero) is 1. The number of carbonyl (C=O) groups excluding carboxylic acids is 2. The van der Waals surface area contributed by atoms with Crippen LogP contribution in [0.25, 0.3) is 0 Å². The number of ketones is 1. The zero-order chi connectivity index (χ0) is 10.6. The van der Waals surface area contributed by atoms with Crippen LogP contribution in [0.2, 0.25) is 0 Å². The van der Waals surface area contributed by atoms with E-state index >= 15 is 0 Å². The zero-order valence-electron chi connectivity index (χ0n) is 6.52. The van der Waals surface area contributed by atoms with Crippen molar-refractivity contribution in [1.82, 2.24) is 0 Å². The second-order valence-electron chi connectivity index (χ2n) is 1.96. The molecule has 0 spiro atoms. The number of hydrogen-bond donors (Lipinski definition) is 0. The maximum atomic E-state index is 12.8. The minimum Gasteiger partial charge on any atom is -0.462 e. The van der Waals surface area contributed by atoms with Gasteiger partial charge in [0.05, 0.1) is 6.61 Å². The third-order valence-corrected chi connectivity index (χ3v) is 1.38. The molecule has 0 radical (unpaired) electrons. The smallest absolute Gasteiger partial charge is 0.368 e. The molecule has 0 aromatic rings. The minimum atomic E-state index is -3.79. The molecule has 0 aromatic carbocycles. The van der Waals surface area contributed by atoms with E-state index in [0.717, 1.165) is 0 Å².